The van der Waals surface area contributed by atoms with E-state index in [0.717, 1.165) is 16.5 Å². The second kappa shape index (κ2) is 7.37. The highest BCUT2D eigenvalue weighted by Gasteiger charge is 2.42. The molecule has 28 heavy (non-hydrogen) atoms. The Morgan fingerprint density at radius 1 is 1.00 bits per heavy atom. The van der Waals surface area contributed by atoms with E-state index in [2.05, 4.69) is 0 Å². The quantitative estimate of drug-likeness (QED) is 0.741. The molecule has 2 aliphatic rings. The van der Waals surface area contributed by atoms with Gasteiger partial charge in [0.05, 0.1) is 29.5 Å². The molecule has 0 spiro atoms. The standard InChI is InChI=1S/C21H18ClFN2O3/c1-13-2-4-14(5-3-13)18-19(24-8-10-28-11-9-24)21(27)25(20(18)26)15-6-7-17(23)16(22)12-15/h2-7,12H,8-11H2,1H3. The summed E-state index contributed by atoms with van der Waals surface area (Å²) in [5.74, 6) is -1.49. The van der Waals surface area contributed by atoms with Gasteiger partial charge in [-0.05, 0) is 30.7 Å². The number of rotatable bonds is 3. The summed E-state index contributed by atoms with van der Waals surface area (Å²) in [7, 11) is 0. The van der Waals surface area contributed by atoms with Crippen molar-refractivity contribution in [2.45, 2.75) is 6.92 Å². The van der Waals surface area contributed by atoms with Crippen molar-refractivity contribution in [3.05, 3.63) is 70.1 Å². The highest BCUT2D eigenvalue weighted by Crippen LogP contribution is 2.36. The third kappa shape index (κ3) is 3.19. The molecule has 0 unspecified atom stereocenters. The molecule has 0 aromatic heterocycles. The summed E-state index contributed by atoms with van der Waals surface area (Å²) >= 11 is 5.88. The minimum Gasteiger partial charge on any atom is -0.378 e. The Labute approximate surface area is 166 Å². The van der Waals surface area contributed by atoms with Gasteiger partial charge in [0, 0.05) is 13.1 Å². The summed E-state index contributed by atoms with van der Waals surface area (Å²) in [6, 6.07) is 11.3. The number of hydrogen-bond donors (Lipinski definition) is 0. The highest BCUT2D eigenvalue weighted by molar-refractivity contribution is 6.45. The van der Waals surface area contributed by atoms with E-state index in [0.29, 0.717) is 43.1 Å². The minimum atomic E-state index is -0.607. The number of hydrogen-bond acceptors (Lipinski definition) is 4. The van der Waals surface area contributed by atoms with E-state index in [-0.39, 0.29) is 10.7 Å². The summed E-state index contributed by atoms with van der Waals surface area (Å²) in [4.78, 5) is 29.5. The molecule has 0 bridgehead atoms. The van der Waals surface area contributed by atoms with Crippen molar-refractivity contribution in [2.75, 3.05) is 31.2 Å². The van der Waals surface area contributed by atoms with Crippen molar-refractivity contribution in [3.63, 3.8) is 0 Å². The van der Waals surface area contributed by atoms with Crippen LogP contribution in [-0.4, -0.2) is 43.0 Å². The maximum atomic E-state index is 13.6. The zero-order valence-electron chi connectivity index (χ0n) is 15.2. The van der Waals surface area contributed by atoms with Crippen molar-refractivity contribution < 1.29 is 18.7 Å². The molecule has 7 heteroatoms. The van der Waals surface area contributed by atoms with Gasteiger partial charge in [0.1, 0.15) is 11.5 Å². The number of nitrogens with zero attached hydrogens (tertiary/aromatic N) is 2. The van der Waals surface area contributed by atoms with Crippen LogP contribution in [-0.2, 0) is 14.3 Å². The molecule has 0 saturated carbocycles. The van der Waals surface area contributed by atoms with Crippen molar-refractivity contribution >= 4 is 34.7 Å². The number of amides is 2. The molecule has 0 atom stereocenters. The number of carbonyl (C=O) groups is 2. The number of anilines is 1. The van der Waals surface area contributed by atoms with Crippen molar-refractivity contribution in [3.8, 4) is 0 Å². The molecule has 2 aromatic rings. The molecule has 5 nitrogen and oxygen atoms in total. The maximum absolute atomic E-state index is 13.6. The largest absolute Gasteiger partial charge is 0.378 e. The van der Waals surface area contributed by atoms with Gasteiger partial charge in [0.25, 0.3) is 11.8 Å². The van der Waals surface area contributed by atoms with E-state index in [1.165, 1.54) is 12.1 Å². The molecule has 2 aromatic carbocycles. The molecular weight excluding hydrogens is 383 g/mol. The first-order chi connectivity index (χ1) is 13.5. The normalized spacial score (nSPS) is 17.7. The van der Waals surface area contributed by atoms with Gasteiger partial charge < -0.3 is 9.64 Å². The Kier molecular flexibility index (Phi) is 4.91. The number of morpholine rings is 1. The van der Waals surface area contributed by atoms with Gasteiger partial charge in [-0.2, -0.15) is 0 Å². The molecule has 1 fully saturated rings. The van der Waals surface area contributed by atoms with Gasteiger partial charge >= 0.3 is 0 Å². The molecule has 4 rings (SSSR count). The lowest BCUT2D eigenvalue weighted by Crippen LogP contribution is -2.40. The lowest BCUT2D eigenvalue weighted by molar-refractivity contribution is -0.121. The fourth-order valence-corrected chi connectivity index (χ4v) is 3.61. The second-order valence-corrected chi connectivity index (χ2v) is 7.14. The van der Waals surface area contributed by atoms with E-state index in [1.54, 1.807) is 0 Å². The van der Waals surface area contributed by atoms with Crippen LogP contribution in [0.5, 0.6) is 0 Å². The summed E-state index contributed by atoms with van der Waals surface area (Å²) in [6.45, 7) is 3.95. The van der Waals surface area contributed by atoms with E-state index in [1.807, 2.05) is 36.1 Å². The predicted octanol–water partition coefficient (Wildman–Crippen LogP) is 3.40. The highest BCUT2D eigenvalue weighted by atomic mass is 35.5. The summed E-state index contributed by atoms with van der Waals surface area (Å²) in [5.41, 5.74) is 2.65. The first kappa shape index (κ1) is 18.7. The summed E-state index contributed by atoms with van der Waals surface area (Å²) in [5, 5.41) is -0.144. The van der Waals surface area contributed by atoms with Crippen LogP contribution in [0, 0.1) is 12.7 Å². The molecule has 0 radical (unpaired) electrons. The van der Waals surface area contributed by atoms with E-state index in [9.17, 15) is 14.0 Å². The van der Waals surface area contributed by atoms with Crippen LogP contribution in [0.3, 0.4) is 0 Å². The third-order valence-corrected chi connectivity index (χ3v) is 5.18. The number of benzene rings is 2. The van der Waals surface area contributed by atoms with Gasteiger partial charge in [-0.3, -0.25) is 9.59 Å². The van der Waals surface area contributed by atoms with Crippen molar-refractivity contribution in [1.82, 2.24) is 4.90 Å². The minimum absolute atomic E-state index is 0.144. The maximum Gasteiger partial charge on any atom is 0.282 e. The molecule has 2 amide bonds. The first-order valence-corrected chi connectivity index (χ1v) is 9.33. The van der Waals surface area contributed by atoms with E-state index in [4.69, 9.17) is 16.3 Å². The fraction of sp³-hybridized carbons (Fsp3) is 0.238. The summed E-state index contributed by atoms with van der Waals surface area (Å²) < 4.78 is 19.0. The Balaban J connectivity index is 1.82. The Hall–Kier alpha value is -2.70. The number of halogens is 2. The van der Waals surface area contributed by atoms with Crippen LogP contribution in [0.1, 0.15) is 11.1 Å². The molecule has 0 N–H and O–H groups in total. The first-order valence-electron chi connectivity index (χ1n) is 8.95. The molecule has 0 aliphatic carbocycles. The number of aryl methyl sites for hydroxylation is 1. The zero-order valence-corrected chi connectivity index (χ0v) is 16.0. The fourth-order valence-electron chi connectivity index (χ4n) is 3.44. The summed E-state index contributed by atoms with van der Waals surface area (Å²) in [6.07, 6.45) is 0. The number of imide groups is 1. The lowest BCUT2D eigenvalue weighted by Gasteiger charge is -2.29. The average Bonchev–Trinajstić information content (AvgIpc) is 2.96. The van der Waals surface area contributed by atoms with Gasteiger partial charge in [0.2, 0.25) is 0 Å². The van der Waals surface area contributed by atoms with Crippen LogP contribution in [0.25, 0.3) is 5.57 Å². The van der Waals surface area contributed by atoms with Crippen LogP contribution in [0.15, 0.2) is 48.2 Å². The Morgan fingerprint density at radius 2 is 1.68 bits per heavy atom. The molecule has 2 heterocycles. The van der Waals surface area contributed by atoms with Gasteiger partial charge in [-0.1, -0.05) is 41.4 Å². The molecule has 1 saturated heterocycles. The van der Waals surface area contributed by atoms with Gasteiger partial charge in [-0.25, -0.2) is 9.29 Å². The van der Waals surface area contributed by atoms with Crippen LogP contribution < -0.4 is 4.90 Å². The molecular formula is C21H18ClFN2O3. The monoisotopic (exact) mass is 400 g/mol. The lowest BCUT2D eigenvalue weighted by atomic mass is 10.0. The average molecular weight is 401 g/mol. The smallest absolute Gasteiger partial charge is 0.282 e. The van der Waals surface area contributed by atoms with Gasteiger partial charge in [0.15, 0.2) is 0 Å². The van der Waals surface area contributed by atoms with Crippen molar-refractivity contribution in [2.24, 2.45) is 0 Å². The van der Waals surface area contributed by atoms with E-state index >= 15 is 0 Å². The van der Waals surface area contributed by atoms with Crippen LogP contribution in [0.4, 0.5) is 10.1 Å². The molecule has 2 aliphatic heterocycles. The number of ether oxygens (including phenoxy) is 1. The van der Waals surface area contributed by atoms with Crippen LogP contribution in [0.2, 0.25) is 5.02 Å². The van der Waals surface area contributed by atoms with Gasteiger partial charge in [-0.15, -0.1) is 0 Å². The van der Waals surface area contributed by atoms with Crippen molar-refractivity contribution in [1.29, 1.82) is 0 Å². The van der Waals surface area contributed by atoms with E-state index < -0.39 is 17.6 Å². The Bertz CT molecular complexity index is 982. The predicted molar refractivity (Wildman–Crippen MR) is 104 cm³/mol. The zero-order chi connectivity index (χ0) is 19.8. The van der Waals surface area contributed by atoms with Crippen LogP contribution >= 0.6 is 11.6 Å². The third-order valence-electron chi connectivity index (χ3n) is 4.89. The molecule has 144 valence electrons. The second-order valence-electron chi connectivity index (χ2n) is 6.73. The number of carbonyl (C=O) groups excluding carboxylic acids is 2. The topological polar surface area (TPSA) is 49.9 Å². The Morgan fingerprint density at radius 3 is 2.32 bits per heavy atom. The SMILES string of the molecule is Cc1ccc(C2=C(N3CCOCC3)C(=O)N(c3ccc(F)c(Cl)c3)C2=O)cc1.